The average Bonchev–Trinajstić information content (AvgIpc) is 3.09. The summed E-state index contributed by atoms with van der Waals surface area (Å²) in [4.78, 5) is 18.4. The number of nitrogens with zero attached hydrogens (tertiary/aromatic N) is 3. The fraction of sp³-hybridized carbons (Fsp3) is 0.529. The van der Waals surface area contributed by atoms with Crippen LogP contribution in [-0.2, 0) is 11.3 Å². The molecule has 0 aromatic carbocycles. The summed E-state index contributed by atoms with van der Waals surface area (Å²) in [6, 6.07) is 1.60. The fourth-order valence-electron chi connectivity index (χ4n) is 4.36. The number of pyridine rings is 1. The Morgan fingerprint density at radius 1 is 1.29 bits per heavy atom. The first kappa shape index (κ1) is 16.2. The molecule has 24 heavy (non-hydrogen) atoms. The summed E-state index contributed by atoms with van der Waals surface area (Å²) in [5.74, 6) is -0.232. The molecule has 0 bridgehead atoms. The van der Waals surface area contributed by atoms with Crippen LogP contribution in [0.3, 0.4) is 0 Å². The highest BCUT2D eigenvalue weighted by atomic mass is 35.5. The Labute approximate surface area is 150 Å². The van der Waals surface area contributed by atoms with Gasteiger partial charge in [0.1, 0.15) is 6.04 Å². The van der Waals surface area contributed by atoms with Gasteiger partial charge in [-0.1, -0.05) is 36.0 Å². The Kier molecular flexibility index (Phi) is 4.19. The summed E-state index contributed by atoms with van der Waals surface area (Å²) in [6.45, 7) is 0.535. The zero-order chi connectivity index (χ0) is 16.8. The predicted molar refractivity (Wildman–Crippen MR) is 92.5 cm³/mol. The van der Waals surface area contributed by atoms with Gasteiger partial charge in [0.15, 0.2) is 5.65 Å². The van der Waals surface area contributed by atoms with Crippen molar-refractivity contribution in [2.45, 2.75) is 50.7 Å². The molecule has 0 spiro atoms. The molecular weight excluding hydrogens is 349 g/mol. The molecule has 4 rings (SSSR count). The van der Waals surface area contributed by atoms with Crippen LogP contribution in [0.5, 0.6) is 0 Å². The van der Waals surface area contributed by atoms with E-state index in [2.05, 4.69) is 9.88 Å². The number of rotatable bonds is 3. The van der Waals surface area contributed by atoms with E-state index < -0.39 is 12.0 Å². The quantitative estimate of drug-likeness (QED) is 0.894. The third kappa shape index (κ3) is 2.79. The average molecular weight is 368 g/mol. The van der Waals surface area contributed by atoms with Gasteiger partial charge in [-0.25, -0.2) is 4.98 Å². The van der Waals surface area contributed by atoms with Crippen LogP contribution in [0.1, 0.15) is 37.8 Å². The third-order valence-electron chi connectivity index (χ3n) is 5.37. The van der Waals surface area contributed by atoms with Gasteiger partial charge >= 0.3 is 5.97 Å². The van der Waals surface area contributed by atoms with Gasteiger partial charge in [-0.05, 0) is 31.2 Å². The van der Waals surface area contributed by atoms with Crippen molar-refractivity contribution in [3.8, 4) is 0 Å². The van der Waals surface area contributed by atoms with E-state index in [-0.39, 0.29) is 0 Å². The molecule has 2 fully saturated rings. The second-order valence-corrected chi connectivity index (χ2v) is 7.69. The number of likely N-dealkylation sites (tertiary alicyclic amines) is 1. The minimum absolute atomic E-state index is 0.351. The van der Waals surface area contributed by atoms with Crippen LogP contribution in [0.25, 0.3) is 5.65 Å². The van der Waals surface area contributed by atoms with Crippen LogP contribution < -0.4 is 0 Å². The first-order chi connectivity index (χ1) is 11.5. The molecule has 1 aliphatic carbocycles. The molecule has 2 aromatic heterocycles. The molecule has 3 heterocycles. The van der Waals surface area contributed by atoms with Gasteiger partial charge in [0.25, 0.3) is 0 Å². The van der Waals surface area contributed by atoms with E-state index in [0.717, 1.165) is 25.0 Å². The summed E-state index contributed by atoms with van der Waals surface area (Å²) in [5.41, 5.74) is 1.49. The van der Waals surface area contributed by atoms with Crippen molar-refractivity contribution in [1.82, 2.24) is 14.3 Å². The van der Waals surface area contributed by atoms with Gasteiger partial charge in [-0.2, -0.15) is 0 Å². The van der Waals surface area contributed by atoms with Gasteiger partial charge in [0.05, 0.1) is 15.7 Å². The normalized spacial score (nSPS) is 27.5. The second kappa shape index (κ2) is 6.21. The maximum Gasteiger partial charge on any atom is 0.320 e. The smallest absolute Gasteiger partial charge is 0.320 e. The molecule has 1 saturated carbocycles. The maximum atomic E-state index is 11.7. The zero-order valence-corrected chi connectivity index (χ0v) is 14.7. The Balaban J connectivity index is 1.65. The highest BCUT2D eigenvalue weighted by Crippen LogP contribution is 2.40. The largest absolute Gasteiger partial charge is 0.480 e. The Hall–Kier alpha value is -1.30. The fourth-order valence-corrected chi connectivity index (χ4v) is 4.89. The van der Waals surface area contributed by atoms with E-state index in [1.165, 1.54) is 12.8 Å². The molecule has 2 aliphatic rings. The number of carboxylic acid groups (broad SMARTS) is 1. The van der Waals surface area contributed by atoms with Crippen LogP contribution in [0.15, 0.2) is 18.5 Å². The number of hydrogen-bond donors (Lipinski definition) is 1. The Morgan fingerprint density at radius 3 is 2.88 bits per heavy atom. The van der Waals surface area contributed by atoms with Gasteiger partial charge in [0.2, 0.25) is 0 Å². The predicted octanol–water partition coefficient (Wildman–Crippen LogP) is 3.86. The molecule has 0 amide bonds. The van der Waals surface area contributed by atoms with Crippen molar-refractivity contribution in [3.63, 3.8) is 0 Å². The second-order valence-electron chi connectivity index (χ2n) is 6.84. The highest BCUT2D eigenvalue weighted by molar-refractivity contribution is 6.36. The monoisotopic (exact) mass is 367 g/mol. The van der Waals surface area contributed by atoms with E-state index in [1.807, 2.05) is 10.6 Å². The van der Waals surface area contributed by atoms with Gasteiger partial charge < -0.3 is 9.51 Å². The standard InChI is InChI=1S/C17H19Cl2N3O2/c18-11-6-13(19)16-20-12(8-21(16)7-11)9-22-14-4-2-1-3-10(14)5-15(22)17(23)24/h6-8,10,14-15H,1-5,9H2,(H,23,24). The lowest BCUT2D eigenvalue weighted by Gasteiger charge is -2.32. The lowest BCUT2D eigenvalue weighted by atomic mass is 9.85. The van der Waals surface area contributed by atoms with Gasteiger partial charge in [0, 0.05) is 25.0 Å². The molecule has 3 unspecified atom stereocenters. The van der Waals surface area contributed by atoms with Gasteiger partial charge in [-0.3, -0.25) is 9.69 Å². The summed E-state index contributed by atoms with van der Waals surface area (Å²) < 4.78 is 1.81. The number of aliphatic carboxylic acids is 1. The van der Waals surface area contributed by atoms with E-state index in [4.69, 9.17) is 23.2 Å². The topological polar surface area (TPSA) is 57.8 Å². The van der Waals surface area contributed by atoms with E-state index in [1.54, 1.807) is 12.3 Å². The number of carbonyl (C=O) groups is 1. The van der Waals surface area contributed by atoms with Crippen molar-refractivity contribution in [3.05, 3.63) is 34.2 Å². The highest BCUT2D eigenvalue weighted by Gasteiger charge is 2.45. The van der Waals surface area contributed by atoms with Crippen LogP contribution in [0.2, 0.25) is 10.0 Å². The Bertz CT molecular complexity index is 791. The van der Waals surface area contributed by atoms with Crippen molar-refractivity contribution in [2.24, 2.45) is 5.92 Å². The van der Waals surface area contributed by atoms with E-state index in [0.29, 0.717) is 34.2 Å². The molecule has 1 N–H and O–H groups in total. The molecule has 3 atom stereocenters. The van der Waals surface area contributed by atoms with E-state index >= 15 is 0 Å². The number of carboxylic acids is 1. The zero-order valence-electron chi connectivity index (χ0n) is 13.2. The van der Waals surface area contributed by atoms with Crippen molar-refractivity contribution in [2.75, 3.05) is 0 Å². The van der Waals surface area contributed by atoms with Crippen LogP contribution in [0.4, 0.5) is 0 Å². The van der Waals surface area contributed by atoms with Crippen molar-refractivity contribution in [1.29, 1.82) is 0 Å². The summed E-state index contributed by atoms with van der Waals surface area (Å²) in [7, 11) is 0. The minimum atomic E-state index is -0.728. The maximum absolute atomic E-state index is 11.7. The van der Waals surface area contributed by atoms with Crippen LogP contribution in [0, 0.1) is 5.92 Å². The minimum Gasteiger partial charge on any atom is -0.480 e. The molecule has 5 nitrogen and oxygen atoms in total. The number of hydrogen-bond acceptors (Lipinski definition) is 3. The molecule has 2 aromatic rings. The SMILES string of the molecule is O=C(O)C1CC2CCCCC2N1Cc1cn2cc(Cl)cc(Cl)c2n1. The number of aromatic nitrogens is 2. The molecule has 0 radical (unpaired) electrons. The van der Waals surface area contributed by atoms with E-state index in [9.17, 15) is 9.90 Å². The number of fused-ring (bicyclic) bond motifs is 2. The molecular formula is C17H19Cl2N3O2. The third-order valence-corrected chi connectivity index (χ3v) is 5.86. The first-order valence-electron chi connectivity index (χ1n) is 8.34. The van der Waals surface area contributed by atoms with Crippen molar-refractivity contribution < 1.29 is 9.90 Å². The molecule has 7 heteroatoms. The van der Waals surface area contributed by atoms with Crippen molar-refractivity contribution >= 4 is 34.8 Å². The Morgan fingerprint density at radius 2 is 2.08 bits per heavy atom. The first-order valence-corrected chi connectivity index (χ1v) is 9.09. The number of halogens is 2. The summed E-state index contributed by atoms with van der Waals surface area (Å²) >= 11 is 12.2. The molecule has 1 saturated heterocycles. The molecule has 128 valence electrons. The lowest BCUT2D eigenvalue weighted by molar-refractivity contribution is -0.142. The van der Waals surface area contributed by atoms with Crippen LogP contribution >= 0.6 is 23.2 Å². The number of imidazole rings is 1. The summed E-state index contributed by atoms with van der Waals surface area (Å²) in [6.07, 6.45) is 9.01. The van der Waals surface area contributed by atoms with Crippen LogP contribution in [-0.4, -0.2) is 37.4 Å². The summed E-state index contributed by atoms with van der Waals surface area (Å²) in [5, 5.41) is 10.7. The van der Waals surface area contributed by atoms with Gasteiger partial charge in [-0.15, -0.1) is 0 Å². The lowest BCUT2D eigenvalue weighted by Crippen LogP contribution is -2.41. The molecule has 1 aliphatic heterocycles.